The number of likely N-dealkylation sites (N-methyl/N-ethyl adjacent to an activating group) is 1. The number of hydrogen-bond acceptors (Lipinski definition) is 2. The van der Waals surface area contributed by atoms with Gasteiger partial charge in [0, 0.05) is 18.9 Å². The highest BCUT2D eigenvalue weighted by molar-refractivity contribution is 14.1. The van der Waals surface area contributed by atoms with Crippen molar-refractivity contribution in [3.63, 3.8) is 0 Å². The minimum Gasteiger partial charge on any atom is -0.314 e. The van der Waals surface area contributed by atoms with Gasteiger partial charge in [0.15, 0.2) is 0 Å². The molecule has 2 rings (SSSR count). The van der Waals surface area contributed by atoms with E-state index in [0.29, 0.717) is 0 Å². The summed E-state index contributed by atoms with van der Waals surface area (Å²) in [6.45, 7) is 0.258. The maximum Gasteiger partial charge on any atom is 0.248 e. The van der Waals surface area contributed by atoms with E-state index in [-0.39, 0.29) is 12.5 Å². The van der Waals surface area contributed by atoms with Gasteiger partial charge in [0.25, 0.3) is 0 Å². The Morgan fingerprint density at radius 2 is 2.12 bits per heavy atom. The number of carbonyl (C=O) groups excluding carboxylic acids is 1. The van der Waals surface area contributed by atoms with E-state index in [4.69, 9.17) is 0 Å². The molecule has 88 valence electrons. The average Bonchev–Trinajstić information content (AvgIpc) is 2.75. The number of benzene rings is 1. The number of carbonyl (C=O) groups is 1. The Balaban J connectivity index is 2.06. The molecule has 0 aliphatic rings. The van der Waals surface area contributed by atoms with Crippen LogP contribution in [0.15, 0.2) is 42.7 Å². The van der Waals surface area contributed by atoms with Crippen LogP contribution in [0.5, 0.6) is 0 Å². The monoisotopic (exact) mass is 341 g/mol. The first-order chi connectivity index (χ1) is 8.16. The fraction of sp³-hybridized carbons (Fsp3) is 0.167. The normalized spacial score (nSPS) is 10.2. The highest BCUT2D eigenvalue weighted by Gasteiger charge is 2.11. The number of anilines is 1. The Hall–Kier alpha value is -1.37. The van der Waals surface area contributed by atoms with Gasteiger partial charge in [0.1, 0.15) is 6.54 Å². The Labute approximate surface area is 113 Å². The molecule has 0 aliphatic carbocycles. The van der Waals surface area contributed by atoms with Crippen molar-refractivity contribution in [2.75, 3.05) is 11.9 Å². The lowest BCUT2D eigenvalue weighted by molar-refractivity contribution is -0.119. The molecular weight excluding hydrogens is 329 g/mol. The first-order valence-electron chi connectivity index (χ1n) is 5.16. The molecule has 0 saturated carbocycles. The van der Waals surface area contributed by atoms with Crippen molar-refractivity contribution in [1.82, 2.24) is 9.78 Å². The first kappa shape index (κ1) is 12.1. The van der Waals surface area contributed by atoms with Crippen LogP contribution in [0, 0.1) is 3.57 Å². The van der Waals surface area contributed by atoms with Crippen molar-refractivity contribution in [3.8, 4) is 0 Å². The molecule has 4 nitrogen and oxygen atoms in total. The van der Waals surface area contributed by atoms with Crippen LogP contribution in [-0.4, -0.2) is 22.7 Å². The van der Waals surface area contributed by atoms with E-state index in [1.54, 1.807) is 22.8 Å². The van der Waals surface area contributed by atoms with E-state index in [0.717, 1.165) is 9.26 Å². The average molecular weight is 341 g/mol. The zero-order chi connectivity index (χ0) is 12.3. The summed E-state index contributed by atoms with van der Waals surface area (Å²) in [5, 5.41) is 4.09. The van der Waals surface area contributed by atoms with Crippen molar-refractivity contribution in [2.45, 2.75) is 6.54 Å². The van der Waals surface area contributed by atoms with Gasteiger partial charge in [0.05, 0.1) is 9.77 Å². The fourth-order valence-electron chi connectivity index (χ4n) is 1.47. The van der Waals surface area contributed by atoms with Gasteiger partial charge >= 0.3 is 0 Å². The SMILES string of the molecule is CN(C(=O)Cn1cc(I)cn1)c1ccccc1. The van der Waals surface area contributed by atoms with Crippen molar-refractivity contribution in [2.24, 2.45) is 0 Å². The topological polar surface area (TPSA) is 38.1 Å². The summed E-state index contributed by atoms with van der Waals surface area (Å²) in [6.07, 6.45) is 3.58. The molecular formula is C12H12IN3O. The molecule has 0 fully saturated rings. The van der Waals surface area contributed by atoms with Crippen LogP contribution in [0.3, 0.4) is 0 Å². The molecule has 2 aromatic rings. The van der Waals surface area contributed by atoms with Crippen molar-refractivity contribution >= 4 is 34.2 Å². The summed E-state index contributed by atoms with van der Waals surface area (Å²) >= 11 is 2.17. The molecule has 0 N–H and O–H groups in total. The van der Waals surface area contributed by atoms with Gasteiger partial charge in [0.2, 0.25) is 5.91 Å². The van der Waals surface area contributed by atoms with E-state index in [1.165, 1.54) is 0 Å². The smallest absolute Gasteiger partial charge is 0.248 e. The second kappa shape index (κ2) is 5.31. The molecule has 0 atom stereocenters. The number of halogens is 1. The molecule has 1 aromatic heterocycles. The van der Waals surface area contributed by atoms with E-state index in [1.807, 2.05) is 36.5 Å². The van der Waals surface area contributed by atoms with Gasteiger partial charge < -0.3 is 4.90 Å². The number of amides is 1. The lowest BCUT2D eigenvalue weighted by Gasteiger charge is -2.17. The molecule has 1 heterocycles. The predicted molar refractivity (Wildman–Crippen MR) is 74.8 cm³/mol. The third-order valence-electron chi connectivity index (χ3n) is 2.42. The summed E-state index contributed by atoms with van der Waals surface area (Å²) in [6, 6.07) is 9.57. The molecule has 0 bridgehead atoms. The highest BCUT2D eigenvalue weighted by atomic mass is 127. The largest absolute Gasteiger partial charge is 0.314 e. The van der Waals surface area contributed by atoms with Gasteiger partial charge in [-0.2, -0.15) is 5.10 Å². The minimum atomic E-state index is 0.00991. The summed E-state index contributed by atoms with van der Waals surface area (Å²) < 4.78 is 2.67. The van der Waals surface area contributed by atoms with Crippen LogP contribution in [0.2, 0.25) is 0 Å². The zero-order valence-electron chi connectivity index (χ0n) is 9.38. The third-order valence-corrected chi connectivity index (χ3v) is 2.97. The van der Waals surface area contributed by atoms with E-state index in [2.05, 4.69) is 27.7 Å². The lowest BCUT2D eigenvalue weighted by Crippen LogP contribution is -2.30. The number of nitrogens with zero attached hydrogens (tertiary/aromatic N) is 3. The Morgan fingerprint density at radius 1 is 1.41 bits per heavy atom. The van der Waals surface area contributed by atoms with Gasteiger partial charge in [-0.15, -0.1) is 0 Å². The van der Waals surface area contributed by atoms with Gasteiger partial charge in [-0.1, -0.05) is 18.2 Å². The molecule has 0 saturated heterocycles. The molecule has 0 unspecified atom stereocenters. The Kier molecular flexibility index (Phi) is 3.78. The maximum absolute atomic E-state index is 12.0. The van der Waals surface area contributed by atoms with Gasteiger partial charge in [-0.3, -0.25) is 9.48 Å². The third kappa shape index (κ3) is 3.06. The zero-order valence-corrected chi connectivity index (χ0v) is 11.5. The summed E-state index contributed by atoms with van der Waals surface area (Å²) in [5.41, 5.74) is 0.888. The predicted octanol–water partition coefficient (Wildman–Crippen LogP) is 2.15. The minimum absolute atomic E-state index is 0.00991. The maximum atomic E-state index is 12.0. The van der Waals surface area contributed by atoms with Crippen LogP contribution in [0.4, 0.5) is 5.69 Å². The number of rotatable bonds is 3. The summed E-state index contributed by atoms with van der Waals surface area (Å²) in [5.74, 6) is 0.00991. The first-order valence-corrected chi connectivity index (χ1v) is 6.24. The van der Waals surface area contributed by atoms with Gasteiger partial charge in [-0.05, 0) is 34.7 Å². The fourth-order valence-corrected chi connectivity index (χ4v) is 1.91. The van der Waals surface area contributed by atoms with Gasteiger partial charge in [-0.25, -0.2) is 0 Å². The highest BCUT2D eigenvalue weighted by Crippen LogP contribution is 2.11. The number of hydrogen-bond donors (Lipinski definition) is 0. The van der Waals surface area contributed by atoms with Crippen LogP contribution in [-0.2, 0) is 11.3 Å². The molecule has 0 radical (unpaired) electrons. The molecule has 0 aliphatic heterocycles. The second-order valence-corrected chi connectivity index (χ2v) is 4.89. The molecule has 1 amide bonds. The summed E-state index contributed by atoms with van der Waals surface area (Å²) in [7, 11) is 1.77. The van der Waals surface area contributed by atoms with E-state index < -0.39 is 0 Å². The van der Waals surface area contributed by atoms with Crippen LogP contribution in [0.25, 0.3) is 0 Å². The van der Waals surface area contributed by atoms with Crippen molar-refractivity contribution in [1.29, 1.82) is 0 Å². The second-order valence-electron chi connectivity index (χ2n) is 3.64. The Bertz CT molecular complexity index is 509. The van der Waals surface area contributed by atoms with E-state index >= 15 is 0 Å². The molecule has 17 heavy (non-hydrogen) atoms. The molecule has 0 spiro atoms. The van der Waals surface area contributed by atoms with Crippen LogP contribution >= 0.6 is 22.6 Å². The van der Waals surface area contributed by atoms with E-state index in [9.17, 15) is 4.79 Å². The standard InChI is InChI=1S/C12H12IN3O/c1-15(11-5-3-2-4-6-11)12(17)9-16-8-10(13)7-14-16/h2-8H,9H2,1H3. The quantitative estimate of drug-likeness (QED) is 0.803. The van der Waals surface area contributed by atoms with Crippen LogP contribution in [0.1, 0.15) is 0 Å². The summed E-state index contributed by atoms with van der Waals surface area (Å²) in [4.78, 5) is 13.6. The molecule has 1 aromatic carbocycles. The van der Waals surface area contributed by atoms with Crippen molar-refractivity contribution < 1.29 is 4.79 Å². The van der Waals surface area contributed by atoms with Crippen LogP contribution < -0.4 is 4.90 Å². The lowest BCUT2D eigenvalue weighted by atomic mass is 10.3. The number of aromatic nitrogens is 2. The Morgan fingerprint density at radius 3 is 2.71 bits per heavy atom. The number of para-hydroxylation sites is 1. The molecule has 5 heteroatoms. The van der Waals surface area contributed by atoms with Crippen molar-refractivity contribution in [3.05, 3.63) is 46.3 Å².